The van der Waals surface area contributed by atoms with Crippen molar-refractivity contribution in [1.82, 2.24) is 4.90 Å². The van der Waals surface area contributed by atoms with Crippen LogP contribution >= 0.6 is 0 Å². The van der Waals surface area contributed by atoms with Crippen LogP contribution in [-0.4, -0.2) is 18.0 Å². The van der Waals surface area contributed by atoms with Crippen LogP contribution in [0, 0.1) is 0 Å². The molecule has 0 amide bonds. The maximum Gasteiger partial charge on any atom is 0.0233 e. The zero-order chi connectivity index (χ0) is 14.2. The maximum atomic E-state index is 2.39. The summed E-state index contributed by atoms with van der Waals surface area (Å²) in [6, 6.07) is 21.6. The van der Waals surface area contributed by atoms with Gasteiger partial charge in [0.1, 0.15) is 0 Å². The monoisotopic (exact) mass is 265 g/mol. The van der Waals surface area contributed by atoms with E-state index in [9.17, 15) is 0 Å². The van der Waals surface area contributed by atoms with E-state index in [0.717, 1.165) is 13.0 Å². The Labute approximate surface area is 122 Å². The molecule has 0 aliphatic carbocycles. The van der Waals surface area contributed by atoms with Crippen molar-refractivity contribution in [2.24, 2.45) is 0 Å². The van der Waals surface area contributed by atoms with Crippen LogP contribution in [0.2, 0.25) is 0 Å². The molecule has 1 unspecified atom stereocenters. The van der Waals surface area contributed by atoms with Gasteiger partial charge in [-0.3, -0.25) is 4.90 Å². The van der Waals surface area contributed by atoms with Crippen molar-refractivity contribution in [2.45, 2.75) is 25.9 Å². The zero-order valence-electron chi connectivity index (χ0n) is 12.4. The van der Waals surface area contributed by atoms with Gasteiger partial charge in [0.25, 0.3) is 0 Å². The van der Waals surface area contributed by atoms with Gasteiger partial charge in [-0.25, -0.2) is 0 Å². The van der Waals surface area contributed by atoms with Gasteiger partial charge in [0, 0.05) is 12.6 Å². The molecule has 0 heterocycles. The highest BCUT2D eigenvalue weighted by Crippen LogP contribution is 2.10. The summed E-state index contributed by atoms with van der Waals surface area (Å²) in [4.78, 5) is 2.39. The Kier molecular flexibility index (Phi) is 5.57. The van der Waals surface area contributed by atoms with Gasteiger partial charge in [-0.05, 0) is 31.5 Å². The Balaban J connectivity index is 1.82. The first-order valence-electron chi connectivity index (χ1n) is 7.21. The minimum atomic E-state index is 0.537. The molecule has 1 nitrogen and oxygen atoms in total. The van der Waals surface area contributed by atoms with Gasteiger partial charge in [0.2, 0.25) is 0 Å². The predicted molar refractivity (Wildman–Crippen MR) is 87.5 cm³/mol. The van der Waals surface area contributed by atoms with Gasteiger partial charge in [-0.15, -0.1) is 0 Å². The van der Waals surface area contributed by atoms with Gasteiger partial charge in [0.15, 0.2) is 0 Å². The Morgan fingerprint density at radius 3 is 2.20 bits per heavy atom. The van der Waals surface area contributed by atoms with E-state index in [1.807, 2.05) is 6.07 Å². The Hall–Kier alpha value is -1.86. The SMILES string of the molecule is CC(C/C=C/c1ccccc1)N(C)Cc1ccccc1. The van der Waals surface area contributed by atoms with Crippen molar-refractivity contribution < 1.29 is 0 Å². The topological polar surface area (TPSA) is 3.24 Å². The summed E-state index contributed by atoms with van der Waals surface area (Å²) in [6.45, 7) is 3.28. The highest BCUT2D eigenvalue weighted by atomic mass is 15.1. The van der Waals surface area contributed by atoms with E-state index >= 15 is 0 Å². The first-order chi connectivity index (χ1) is 9.75. The average Bonchev–Trinajstić information content (AvgIpc) is 2.49. The van der Waals surface area contributed by atoms with E-state index in [0.29, 0.717) is 6.04 Å². The largest absolute Gasteiger partial charge is 0.299 e. The predicted octanol–water partition coefficient (Wildman–Crippen LogP) is 4.61. The second kappa shape index (κ2) is 7.66. The molecule has 0 aliphatic rings. The lowest BCUT2D eigenvalue weighted by Crippen LogP contribution is -2.27. The Morgan fingerprint density at radius 2 is 1.55 bits per heavy atom. The quantitative estimate of drug-likeness (QED) is 0.737. The number of hydrogen-bond donors (Lipinski definition) is 0. The summed E-state index contributed by atoms with van der Waals surface area (Å²) in [5.74, 6) is 0. The molecule has 1 atom stereocenters. The molecule has 0 aromatic heterocycles. The molecular formula is C19H23N. The minimum absolute atomic E-state index is 0.537. The third kappa shape index (κ3) is 4.67. The molecule has 0 aliphatic heterocycles. The van der Waals surface area contributed by atoms with Gasteiger partial charge in [-0.1, -0.05) is 72.8 Å². The summed E-state index contributed by atoms with van der Waals surface area (Å²) in [5.41, 5.74) is 2.64. The molecule has 0 fully saturated rings. The van der Waals surface area contributed by atoms with Crippen molar-refractivity contribution in [1.29, 1.82) is 0 Å². The molecular weight excluding hydrogens is 242 g/mol. The molecule has 1 heteroatoms. The fourth-order valence-corrected chi connectivity index (χ4v) is 2.17. The zero-order valence-corrected chi connectivity index (χ0v) is 12.4. The van der Waals surface area contributed by atoms with Gasteiger partial charge >= 0.3 is 0 Å². The van der Waals surface area contributed by atoms with E-state index in [1.54, 1.807) is 0 Å². The van der Waals surface area contributed by atoms with Crippen LogP contribution in [0.4, 0.5) is 0 Å². The lowest BCUT2D eigenvalue weighted by atomic mass is 10.1. The number of rotatable bonds is 6. The summed E-state index contributed by atoms with van der Waals surface area (Å²) >= 11 is 0. The fraction of sp³-hybridized carbons (Fsp3) is 0.263. The highest BCUT2D eigenvalue weighted by Gasteiger charge is 2.07. The smallest absolute Gasteiger partial charge is 0.0233 e. The van der Waals surface area contributed by atoms with Crippen LogP contribution in [0.3, 0.4) is 0 Å². The third-order valence-electron chi connectivity index (χ3n) is 3.61. The average molecular weight is 265 g/mol. The summed E-state index contributed by atoms with van der Waals surface area (Å²) < 4.78 is 0. The van der Waals surface area contributed by atoms with Gasteiger partial charge < -0.3 is 0 Å². The molecule has 0 N–H and O–H groups in total. The fourth-order valence-electron chi connectivity index (χ4n) is 2.17. The Bertz CT molecular complexity index is 516. The third-order valence-corrected chi connectivity index (χ3v) is 3.61. The second-order valence-electron chi connectivity index (χ2n) is 5.30. The first kappa shape index (κ1) is 14.5. The van der Waals surface area contributed by atoms with Crippen LogP contribution < -0.4 is 0 Å². The van der Waals surface area contributed by atoms with Gasteiger partial charge in [-0.2, -0.15) is 0 Å². The lowest BCUT2D eigenvalue weighted by molar-refractivity contribution is 0.251. The normalized spacial score (nSPS) is 12.9. The molecule has 0 saturated carbocycles. The highest BCUT2D eigenvalue weighted by molar-refractivity contribution is 5.48. The second-order valence-corrected chi connectivity index (χ2v) is 5.30. The van der Waals surface area contributed by atoms with Crippen LogP contribution in [-0.2, 0) is 6.54 Å². The first-order valence-corrected chi connectivity index (χ1v) is 7.21. The van der Waals surface area contributed by atoms with Crippen molar-refractivity contribution in [3.63, 3.8) is 0 Å². The molecule has 0 bridgehead atoms. The van der Waals surface area contributed by atoms with E-state index in [-0.39, 0.29) is 0 Å². The molecule has 2 rings (SSSR count). The molecule has 0 radical (unpaired) electrons. The molecule has 2 aromatic carbocycles. The van der Waals surface area contributed by atoms with E-state index in [4.69, 9.17) is 0 Å². The molecule has 20 heavy (non-hydrogen) atoms. The Morgan fingerprint density at radius 1 is 0.950 bits per heavy atom. The van der Waals surface area contributed by atoms with Crippen molar-refractivity contribution in [3.8, 4) is 0 Å². The van der Waals surface area contributed by atoms with Crippen LogP contribution in [0.5, 0.6) is 0 Å². The van der Waals surface area contributed by atoms with Gasteiger partial charge in [0.05, 0.1) is 0 Å². The van der Waals surface area contributed by atoms with Crippen molar-refractivity contribution in [3.05, 3.63) is 77.9 Å². The van der Waals surface area contributed by atoms with Crippen molar-refractivity contribution >= 4 is 6.08 Å². The number of hydrogen-bond acceptors (Lipinski definition) is 1. The standard InChI is InChI=1S/C19H23N/c1-17(10-9-15-18-11-5-3-6-12-18)20(2)16-19-13-7-4-8-14-19/h3-9,11-15,17H,10,16H2,1-2H3/b15-9+. The number of nitrogens with zero attached hydrogens (tertiary/aromatic N) is 1. The van der Waals surface area contributed by atoms with E-state index < -0.39 is 0 Å². The van der Waals surface area contributed by atoms with Crippen LogP contribution in [0.25, 0.3) is 6.08 Å². The lowest BCUT2D eigenvalue weighted by Gasteiger charge is -2.23. The summed E-state index contributed by atoms with van der Waals surface area (Å²) in [6.07, 6.45) is 5.53. The number of benzene rings is 2. The van der Waals surface area contributed by atoms with Crippen LogP contribution in [0.1, 0.15) is 24.5 Å². The molecule has 2 aromatic rings. The van der Waals surface area contributed by atoms with E-state index in [2.05, 4.69) is 85.6 Å². The van der Waals surface area contributed by atoms with Crippen LogP contribution in [0.15, 0.2) is 66.7 Å². The minimum Gasteiger partial charge on any atom is -0.299 e. The van der Waals surface area contributed by atoms with E-state index in [1.165, 1.54) is 11.1 Å². The summed E-state index contributed by atoms with van der Waals surface area (Å²) in [7, 11) is 2.19. The molecule has 0 spiro atoms. The maximum absolute atomic E-state index is 2.39. The molecule has 0 saturated heterocycles. The summed E-state index contributed by atoms with van der Waals surface area (Å²) in [5, 5.41) is 0. The van der Waals surface area contributed by atoms with Crippen molar-refractivity contribution in [2.75, 3.05) is 7.05 Å². The molecule has 104 valence electrons.